The molecule has 0 unspecified atom stereocenters. The van der Waals surface area contributed by atoms with Crippen molar-refractivity contribution < 1.29 is 13.2 Å². The Bertz CT molecular complexity index is 1550. The summed E-state index contributed by atoms with van der Waals surface area (Å²) in [5.74, 6) is -0.416. The second kappa shape index (κ2) is 10.7. The first-order valence-corrected chi connectivity index (χ1v) is 14.0. The van der Waals surface area contributed by atoms with E-state index < -0.39 is 15.9 Å². The van der Waals surface area contributed by atoms with E-state index in [-0.39, 0.29) is 4.90 Å². The molecule has 0 spiro atoms. The summed E-state index contributed by atoms with van der Waals surface area (Å²) < 4.78 is 30.4. The minimum atomic E-state index is -3.60. The van der Waals surface area contributed by atoms with E-state index in [9.17, 15) is 13.2 Å². The third-order valence-electron chi connectivity index (χ3n) is 5.94. The molecule has 0 saturated heterocycles. The molecule has 1 heterocycles. The molecule has 0 atom stereocenters. The molecular weight excluding hydrogens is 478 g/mol. The molecule has 1 aromatic heterocycles. The van der Waals surface area contributed by atoms with Crippen LogP contribution in [0.5, 0.6) is 0 Å². The number of allylic oxidation sites excluding steroid dienone is 1. The summed E-state index contributed by atoms with van der Waals surface area (Å²) in [6.07, 6.45) is 3.50. The molecule has 0 aliphatic rings. The number of hydrogen-bond donors (Lipinski definition) is 0. The highest BCUT2D eigenvalue weighted by Gasteiger charge is 2.22. The fourth-order valence-electron chi connectivity index (χ4n) is 4.04. The SMILES string of the molecule is C=CCn1c(=NC(=O)c2ccc(S(=O)(=O)N(CC)CCCC)cc2)sc2c3ccccc3ccc21. The van der Waals surface area contributed by atoms with Gasteiger partial charge >= 0.3 is 0 Å². The van der Waals surface area contributed by atoms with Crippen LogP contribution >= 0.6 is 11.3 Å². The van der Waals surface area contributed by atoms with E-state index in [1.807, 2.05) is 36.6 Å². The Hall–Kier alpha value is -3.07. The number of amides is 1. The van der Waals surface area contributed by atoms with Gasteiger partial charge in [-0.15, -0.1) is 6.58 Å². The van der Waals surface area contributed by atoms with Crippen molar-refractivity contribution in [3.63, 3.8) is 0 Å². The fourth-order valence-corrected chi connectivity index (χ4v) is 6.70. The lowest BCUT2D eigenvalue weighted by molar-refractivity contribution is 0.0997. The average molecular weight is 508 g/mol. The molecule has 0 bridgehead atoms. The summed E-state index contributed by atoms with van der Waals surface area (Å²) in [5, 5.41) is 2.24. The summed E-state index contributed by atoms with van der Waals surface area (Å²) in [6.45, 7) is 9.12. The quantitative estimate of drug-likeness (QED) is 0.277. The van der Waals surface area contributed by atoms with Crippen molar-refractivity contribution in [2.24, 2.45) is 4.99 Å². The number of rotatable bonds is 9. The lowest BCUT2D eigenvalue weighted by Gasteiger charge is -2.20. The van der Waals surface area contributed by atoms with Gasteiger partial charge in [0.15, 0.2) is 4.80 Å². The van der Waals surface area contributed by atoms with Crippen molar-refractivity contribution in [3.05, 3.63) is 83.7 Å². The van der Waals surface area contributed by atoms with E-state index in [2.05, 4.69) is 29.8 Å². The fraction of sp³-hybridized carbons (Fsp3) is 0.259. The number of carbonyl (C=O) groups excluding carboxylic acids is 1. The highest BCUT2D eigenvalue weighted by atomic mass is 32.2. The summed E-state index contributed by atoms with van der Waals surface area (Å²) in [7, 11) is -3.60. The maximum atomic E-state index is 13.0. The predicted octanol–water partition coefficient (Wildman–Crippen LogP) is 5.59. The van der Waals surface area contributed by atoms with E-state index in [4.69, 9.17) is 0 Å². The molecule has 0 N–H and O–H groups in total. The predicted molar refractivity (Wildman–Crippen MR) is 143 cm³/mol. The third-order valence-corrected chi connectivity index (χ3v) is 9.05. The minimum Gasteiger partial charge on any atom is -0.312 e. The molecule has 6 nitrogen and oxygen atoms in total. The van der Waals surface area contributed by atoms with Crippen LogP contribution in [0.15, 0.2) is 83.2 Å². The van der Waals surface area contributed by atoms with Crippen LogP contribution in [0, 0.1) is 0 Å². The number of aromatic nitrogens is 1. The molecule has 4 aromatic rings. The van der Waals surface area contributed by atoms with Gasteiger partial charge in [-0.25, -0.2) is 8.42 Å². The number of nitrogens with zero attached hydrogens (tertiary/aromatic N) is 3. The maximum Gasteiger partial charge on any atom is 0.279 e. The Morgan fingerprint density at radius 1 is 1.09 bits per heavy atom. The Labute approximate surface area is 209 Å². The Kier molecular flexibility index (Phi) is 7.64. The van der Waals surface area contributed by atoms with Gasteiger partial charge in [0.2, 0.25) is 10.0 Å². The van der Waals surface area contributed by atoms with Crippen LogP contribution in [0.25, 0.3) is 21.0 Å². The van der Waals surface area contributed by atoms with Crippen molar-refractivity contribution in [1.82, 2.24) is 8.87 Å². The molecule has 182 valence electrons. The first kappa shape index (κ1) is 25.0. The third kappa shape index (κ3) is 5.00. The van der Waals surface area contributed by atoms with Gasteiger partial charge in [0.25, 0.3) is 5.91 Å². The number of carbonyl (C=O) groups is 1. The minimum absolute atomic E-state index is 0.182. The molecule has 8 heteroatoms. The lowest BCUT2D eigenvalue weighted by atomic mass is 10.1. The average Bonchev–Trinajstić information content (AvgIpc) is 3.22. The number of sulfonamides is 1. The van der Waals surface area contributed by atoms with Crippen LogP contribution in [0.3, 0.4) is 0 Å². The Morgan fingerprint density at radius 3 is 2.51 bits per heavy atom. The highest BCUT2D eigenvalue weighted by Crippen LogP contribution is 2.27. The largest absolute Gasteiger partial charge is 0.312 e. The van der Waals surface area contributed by atoms with Gasteiger partial charge in [0.1, 0.15) is 0 Å². The molecule has 1 amide bonds. The molecule has 0 saturated carbocycles. The van der Waals surface area contributed by atoms with Gasteiger partial charge in [0, 0.05) is 30.6 Å². The monoisotopic (exact) mass is 507 g/mol. The van der Waals surface area contributed by atoms with Crippen LogP contribution in [-0.4, -0.2) is 36.3 Å². The number of hydrogen-bond acceptors (Lipinski definition) is 4. The van der Waals surface area contributed by atoms with Crippen molar-refractivity contribution in [1.29, 1.82) is 0 Å². The lowest BCUT2D eigenvalue weighted by Crippen LogP contribution is -2.31. The Balaban J connectivity index is 1.71. The number of fused-ring (bicyclic) bond motifs is 3. The van der Waals surface area contributed by atoms with Crippen molar-refractivity contribution in [3.8, 4) is 0 Å². The number of benzene rings is 3. The molecule has 0 aliphatic heterocycles. The number of thiazole rings is 1. The first-order valence-electron chi connectivity index (χ1n) is 11.7. The van der Waals surface area contributed by atoms with Crippen LogP contribution in [0.4, 0.5) is 0 Å². The molecule has 0 aliphatic carbocycles. The van der Waals surface area contributed by atoms with E-state index in [1.165, 1.54) is 39.9 Å². The van der Waals surface area contributed by atoms with E-state index in [1.54, 1.807) is 6.08 Å². The van der Waals surface area contributed by atoms with Gasteiger partial charge in [0.05, 0.1) is 15.1 Å². The van der Waals surface area contributed by atoms with Crippen LogP contribution in [0.1, 0.15) is 37.0 Å². The van der Waals surface area contributed by atoms with Crippen LogP contribution in [0.2, 0.25) is 0 Å². The smallest absolute Gasteiger partial charge is 0.279 e. The van der Waals surface area contributed by atoms with E-state index >= 15 is 0 Å². The maximum absolute atomic E-state index is 13.0. The molecule has 4 rings (SSSR count). The molecule has 0 radical (unpaired) electrons. The van der Waals surface area contributed by atoms with Crippen LogP contribution < -0.4 is 4.80 Å². The first-order chi connectivity index (χ1) is 16.9. The zero-order valence-electron chi connectivity index (χ0n) is 20.0. The second-order valence-electron chi connectivity index (χ2n) is 8.21. The molecule has 0 fully saturated rings. The topological polar surface area (TPSA) is 71.7 Å². The summed E-state index contributed by atoms with van der Waals surface area (Å²) in [6, 6.07) is 18.3. The van der Waals surface area contributed by atoms with Gasteiger partial charge in [-0.2, -0.15) is 9.30 Å². The van der Waals surface area contributed by atoms with Crippen LogP contribution in [-0.2, 0) is 16.6 Å². The van der Waals surface area contributed by atoms with Gasteiger partial charge in [-0.1, -0.05) is 68.0 Å². The summed E-state index contributed by atoms with van der Waals surface area (Å²) in [4.78, 5) is 18.2. The zero-order chi connectivity index (χ0) is 25.0. The van der Waals surface area contributed by atoms with E-state index in [0.29, 0.717) is 30.0 Å². The summed E-state index contributed by atoms with van der Waals surface area (Å²) in [5.41, 5.74) is 1.33. The van der Waals surface area contributed by atoms with Gasteiger partial charge < -0.3 is 4.57 Å². The van der Waals surface area contributed by atoms with Gasteiger partial charge in [-0.05, 0) is 42.1 Å². The molecular formula is C27H29N3O3S2. The van der Waals surface area contributed by atoms with Crippen molar-refractivity contribution in [2.75, 3.05) is 13.1 Å². The normalized spacial score (nSPS) is 12.6. The Morgan fingerprint density at radius 2 is 1.83 bits per heavy atom. The summed E-state index contributed by atoms with van der Waals surface area (Å²) >= 11 is 1.46. The molecule has 3 aromatic carbocycles. The number of unbranched alkanes of at least 4 members (excludes halogenated alkanes) is 1. The standard InChI is InChI=1S/C27H29N3O3S2/c1-4-7-19-29(6-3)35(32,33)22-15-12-21(13-16-22)26(31)28-27-30(18-5-2)24-17-14-20-10-8-9-11-23(20)25(24)34-27/h5,8-17H,2,4,6-7,18-19H2,1,3H3. The second-order valence-corrected chi connectivity index (χ2v) is 11.1. The van der Waals surface area contributed by atoms with E-state index in [0.717, 1.165) is 33.8 Å². The molecule has 35 heavy (non-hydrogen) atoms. The zero-order valence-corrected chi connectivity index (χ0v) is 21.6. The van der Waals surface area contributed by atoms with Crippen molar-refractivity contribution >= 4 is 48.3 Å². The van der Waals surface area contributed by atoms with Gasteiger partial charge in [-0.3, -0.25) is 4.79 Å². The van der Waals surface area contributed by atoms with Crippen molar-refractivity contribution in [2.45, 2.75) is 38.1 Å². The highest BCUT2D eigenvalue weighted by molar-refractivity contribution is 7.89.